The van der Waals surface area contributed by atoms with Crippen molar-refractivity contribution < 1.29 is 4.74 Å². The zero-order chi connectivity index (χ0) is 13.0. The topological polar surface area (TPSA) is 47.3 Å². The van der Waals surface area contributed by atoms with E-state index in [1.165, 1.54) is 0 Å². The van der Waals surface area contributed by atoms with Gasteiger partial charge in [0.2, 0.25) is 0 Å². The van der Waals surface area contributed by atoms with Gasteiger partial charge in [0.25, 0.3) is 0 Å². The molecule has 0 spiro atoms. The van der Waals surface area contributed by atoms with Crippen molar-refractivity contribution in [3.8, 4) is 0 Å². The van der Waals surface area contributed by atoms with Crippen LogP contribution in [0.2, 0.25) is 0 Å². The smallest absolute Gasteiger partial charge is 0.0744 e. The number of hydrogen-bond donors (Lipinski definition) is 2. The molecule has 0 atom stereocenters. The van der Waals surface area contributed by atoms with E-state index < -0.39 is 0 Å². The minimum Gasteiger partial charge on any atom is -0.398 e. The molecule has 0 unspecified atom stereocenters. The SMILES string of the molecule is COCc1c(Br)cccc1NCc1sccc1N. The maximum absolute atomic E-state index is 5.87. The fraction of sp³-hybridized carbons (Fsp3) is 0.231. The number of hydrogen-bond acceptors (Lipinski definition) is 4. The van der Waals surface area contributed by atoms with Crippen molar-refractivity contribution in [3.05, 3.63) is 44.6 Å². The summed E-state index contributed by atoms with van der Waals surface area (Å²) in [6.45, 7) is 1.31. The van der Waals surface area contributed by atoms with Gasteiger partial charge in [-0.3, -0.25) is 0 Å². The van der Waals surface area contributed by atoms with Crippen LogP contribution in [0.4, 0.5) is 11.4 Å². The first-order chi connectivity index (χ1) is 8.72. The van der Waals surface area contributed by atoms with Crippen LogP contribution in [0.15, 0.2) is 34.1 Å². The zero-order valence-electron chi connectivity index (χ0n) is 10.1. The van der Waals surface area contributed by atoms with Crippen LogP contribution >= 0.6 is 27.3 Å². The van der Waals surface area contributed by atoms with Gasteiger partial charge in [-0.15, -0.1) is 11.3 Å². The van der Waals surface area contributed by atoms with Crippen LogP contribution in [0.1, 0.15) is 10.4 Å². The van der Waals surface area contributed by atoms with E-state index in [0.29, 0.717) is 6.61 Å². The summed E-state index contributed by atoms with van der Waals surface area (Å²) in [4.78, 5) is 1.15. The number of rotatable bonds is 5. The van der Waals surface area contributed by atoms with Gasteiger partial charge in [0.1, 0.15) is 0 Å². The van der Waals surface area contributed by atoms with E-state index in [1.807, 2.05) is 29.6 Å². The highest BCUT2D eigenvalue weighted by atomic mass is 79.9. The summed E-state index contributed by atoms with van der Waals surface area (Å²) in [5.74, 6) is 0. The first-order valence-corrected chi connectivity index (χ1v) is 7.21. The number of nitrogen functional groups attached to an aromatic ring is 1. The first-order valence-electron chi connectivity index (χ1n) is 5.54. The van der Waals surface area contributed by atoms with E-state index in [4.69, 9.17) is 10.5 Å². The molecule has 1 aromatic heterocycles. The third kappa shape index (κ3) is 3.04. The Bertz CT molecular complexity index is 527. The maximum Gasteiger partial charge on any atom is 0.0744 e. The van der Waals surface area contributed by atoms with Crippen molar-refractivity contribution in [2.24, 2.45) is 0 Å². The molecule has 18 heavy (non-hydrogen) atoms. The number of nitrogens with two attached hydrogens (primary N) is 1. The number of ether oxygens (including phenoxy) is 1. The molecule has 0 radical (unpaired) electrons. The standard InChI is InChI=1S/C13H15BrN2OS/c1-17-8-9-10(14)3-2-4-12(9)16-7-13-11(15)5-6-18-13/h2-6,16H,7-8,15H2,1H3. The van der Waals surface area contributed by atoms with E-state index in [0.717, 1.165) is 32.8 Å². The molecule has 2 aromatic rings. The number of halogens is 1. The Morgan fingerprint density at radius 2 is 2.22 bits per heavy atom. The van der Waals surface area contributed by atoms with E-state index >= 15 is 0 Å². The van der Waals surface area contributed by atoms with Gasteiger partial charge in [0.05, 0.1) is 13.2 Å². The molecule has 1 aromatic carbocycles. The van der Waals surface area contributed by atoms with E-state index in [2.05, 4.69) is 21.2 Å². The average molecular weight is 327 g/mol. The molecule has 96 valence electrons. The summed E-state index contributed by atoms with van der Waals surface area (Å²) in [5, 5.41) is 5.41. The Labute approximate surface area is 119 Å². The summed E-state index contributed by atoms with van der Waals surface area (Å²) in [7, 11) is 1.69. The van der Waals surface area contributed by atoms with E-state index in [1.54, 1.807) is 18.4 Å². The summed E-state index contributed by atoms with van der Waals surface area (Å²) in [5.41, 5.74) is 8.90. The normalized spacial score (nSPS) is 10.6. The minimum atomic E-state index is 0.573. The molecule has 0 amide bonds. The number of anilines is 2. The maximum atomic E-state index is 5.87. The summed E-state index contributed by atoms with van der Waals surface area (Å²) >= 11 is 5.20. The molecule has 5 heteroatoms. The molecule has 0 aliphatic heterocycles. The molecular formula is C13H15BrN2OS. The highest BCUT2D eigenvalue weighted by Gasteiger charge is 2.07. The molecule has 1 heterocycles. The molecule has 0 saturated carbocycles. The third-order valence-corrected chi connectivity index (χ3v) is 4.31. The van der Waals surface area contributed by atoms with Crippen LogP contribution in [0.3, 0.4) is 0 Å². The van der Waals surface area contributed by atoms with Gasteiger partial charge in [0, 0.05) is 33.4 Å². The van der Waals surface area contributed by atoms with Crippen LogP contribution in [0.25, 0.3) is 0 Å². The lowest BCUT2D eigenvalue weighted by atomic mass is 10.2. The minimum absolute atomic E-state index is 0.573. The highest BCUT2D eigenvalue weighted by Crippen LogP contribution is 2.27. The number of nitrogens with one attached hydrogen (secondary N) is 1. The van der Waals surface area contributed by atoms with Crippen molar-refractivity contribution in [2.45, 2.75) is 13.2 Å². The molecule has 0 aliphatic rings. The average Bonchev–Trinajstić information content (AvgIpc) is 2.76. The van der Waals surface area contributed by atoms with Gasteiger partial charge in [-0.05, 0) is 23.6 Å². The molecular weight excluding hydrogens is 312 g/mol. The highest BCUT2D eigenvalue weighted by molar-refractivity contribution is 9.10. The fourth-order valence-electron chi connectivity index (χ4n) is 1.68. The lowest BCUT2D eigenvalue weighted by Gasteiger charge is -2.13. The molecule has 3 N–H and O–H groups in total. The molecule has 0 saturated heterocycles. The Kier molecular flexibility index (Phi) is 4.63. The van der Waals surface area contributed by atoms with Gasteiger partial charge in [-0.1, -0.05) is 22.0 Å². The fourth-order valence-corrected chi connectivity index (χ4v) is 2.90. The number of methoxy groups -OCH3 is 1. The van der Waals surface area contributed by atoms with Crippen LogP contribution in [0.5, 0.6) is 0 Å². The third-order valence-electron chi connectivity index (χ3n) is 2.63. The Balaban J connectivity index is 2.14. The molecule has 0 fully saturated rings. The molecule has 2 rings (SSSR count). The monoisotopic (exact) mass is 326 g/mol. The molecule has 0 aliphatic carbocycles. The van der Waals surface area contributed by atoms with Gasteiger partial charge in [0.15, 0.2) is 0 Å². The van der Waals surface area contributed by atoms with Gasteiger partial charge in [-0.2, -0.15) is 0 Å². The zero-order valence-corrected chi connectivity index (χ0v) is 12.5. The van der Waals surface area contributed by atoms with Crippen LogP contribution in [0, 0.1) is 0 Å². The molecule has 3 nitrogen and oxygen atoms in total. The van der Waals surface area contributed by atoms with Crippen LogP contribution in [-0.4, -0.2) is 7.11 Å². The summed E-state index contributed by atoms with van der Waals surface area (Å²) in [6, 6.07) is 7.99. The van der Waals surface area contributed by atoms with Gasteiger partial charge in [-0.25, -0.2) is 0 Å². The number of benzene rings is 1. The largest absolute Gasteiger partial charge is 0.398 e. The van der Waals surface area contributed by atoms with Crippen molar-refractivity contribution in [3.63, 3.8) is 0 Å². The Morgan fingerprint density at radius 1 is 1.39 bits per heavy atom. The van der Waals surface area contributed by atoms with Crippen molar-refractivity contribution in [1.82, 2.24) is 0 Å². The molecule has 0 bridgehead atoms. The quantitative estimate of drug-likeness (QED) is 0.877. The lowest BCUT2D eigenvalue weighted by molar-refractivity contribution is 0.185. The second kappa shape index (κ2) is 6.22. The van der Waals surface area contributed by atoms with Crippen molar-refractivity contribution in [1.29, 1.82) is 0 Å². The van der Waals surface area contributed by atoms with E-state index in [9.17, 15) is 0 Å². The predicted octanol–water partition coefficient (Wildman–Crippen LogP) is 3.85. The van der Waals surface area contributed by atoms with E-state index in [-0.39, 0.29) is 0 Å². The van der Waals surface area contributed by atoms with Crippen LogP contribution < -0.4 is 11.1 Å². The lowest BCUT2D eigenvalue weighted by Crippen LogP contribution is -2.04. The van der Waals surface area contributed by atoms with Crippen LogP contribution in [-0.2, 0) is 17.9 Å². The van der Waals surface area contributed by atoms with Crippen molar-refractivity contribution in [2.75, 3.05) is 18.2 Å². The first kappa shape index (κ1) is 13.4. The van der Waals surface area contributed by atoms with Gasteiger partial charge < -0.3 is 15.8 Å². The van der Waals surface area contributed by atoms with Crippen molar-refractivity contribution >= 4 is 38.6 Å². The summed E-state index contributed by atoms with van der Waals surface area (Å²) in [6.07, 6.45) is 0. The predicted molar refractivity (Wildman–Crippen MR) is 80.9 cm³/mol. The second-order valence-electron chi connectivity index (χ2n) is 3.85. The second-order valence-corrected chi connectivity index (χ2v) is 5.71. The Hall–Kier alpha value is -1.04. The summed E-state index contributed by atoms with van der Waals surface area (Å²) < 4.78 is 6.27. The number of thiophene rings is 1. The Morgan fingerprint density at radius 3 is 2.89 bits per heavy atom. The van der Waals surface area contributed by atoms with Gasteiger partial charge >= 0.3 is 0 Å².